The van der Waals surface area contributed by atoms with Crippen LogP contribution in [-0.2, 0) is 0 Å². The molecule has 1 saturated carbocycles. The van der Waals surface area contributed by atoms with Crippen LogP contribution in [0.3, 0.4) is 0 Å². The SMILES string of the molecule is Nc1ccc(F)c(C(=O)N(CCO)C2CCCCC2)c1. The van der Waals surface area contributed by atoms with Gasteiger partial charge in [0.05, 0.1) is 12.2 Å². The molecule has 1 aliphatic carbocycles. The van der Waals surface area contributed by atoms with Crippen LogP contribution in [0.4, 0.5) is 10.1 Å². The zero-order valence-corrected chi connectivity index (χ0v) is 11.5. The first-order valence-corrected chi connectivity index (χ1v) is 7.10. The highest BCUT2D eigenvalue weighted by Crippen LogP contribution is 2.25. The first kappa shape index (κ1) is 14.8. The molecule has 0 radical (unpaired) electrons. The number of aliphatic hydroxyl groups excluding tert-OH is 1. The summed E-state index contributed by atoms with van der Waals surface area (Å²) >= 11 is 0. The maximum Gasteiger partial charge on any atom is 0.257 e. The van der Waals surface area contributed by atoms with E-state index in [0.717, 1.165) is 25.7 Å². The van der Waals surface area contributed by atoms with Crippen molar-refractivity contribution in [3.05, 3.63) is 29.6 Å². The van der Waals surface area contributed by atoms with E-state index in [1.54, 1.807) is 4.90 Å². The Bertz CT molecular complexity index is 473. The highest BCUT2D eigenvalue weighted by atomic mass is 19.1. The van der Waals surface area contributed by atoms with Gasteiger partial charge in [0.15, 0.2) is 0 Å². The molecule has 0 aliphatic heterocycles. The summed E-state index contributed by atoms with van der Waals surface area (Å²) in [7, 11) is 0. The van der Waals surface area contributed by atoms with Crippen molar-refractivity contribution in [3.63, 3.8) is 0 Å². The molecular weight excluding hydrogens is 259 g/mol. The largest absolute Gasteiger partial charge is 0.399 e. The minimum absolute atomic E-state index is 0.0102. The molecule has 1 aliphatic rings. The summed E-state index contributed by atoms with van der Waals surface area (Å²) in [5.74, 6) is -0.946. The molecule has 0 bridgehead atoms. The average molecular weight is 280 g/mol. The number of rotatable bonds is 4. The summed E-state index contributed by atoms with van der Waals surface area (Å²) in [5, 5.41) is 9.17. The lowest BCUT2D eigenvalue weighted by atomic mass is 9.93. The van der Waals surface area contributed by atoms with Gasteiger partial charge in [-0.15, -0.1) is 0 Å². The van der Waals surface area contributed by atoms with E-state index in [1.165, 1.54) is 24.6 Å². The second-order valence-corrected chi connectivity index (χ2v) is 5.25. The van der Waals surface area contributed by atoms with Crippen LogP contribution >= 0.6 is 0 Å². The van der Waals surface area contributed by atoms with E-state index < -0.39 is 5.82 Å². The van der Waals surface area contributed by atoms with Crippen LogP contribution in [0.1, 0.15) is 42.5 Å². The summed E-state index contributed by atoms with van der Waals surface area (Å²) in [6.07, 6.45) is 5.13. The van der Waals surface area contributed by atoms with E-state index in [9.17, 15) is 14.3 Å². The first-order chi connectivity index (χ1) is 9.63. The highest BCUT2D eigenvalue weighted by molar-refractivity contribution is 5.95. The molecule has 110 valence electrons. The summed E-state index contributed by atoms with van der Waals surface area (Å²) < 4.78 is 13.8. The number of aliphatic hydroxyl groups is 1. The van der Waals surface area contributed by atoms with Gasteiger partial charge in [-0.2, -0.15) is 0 Å². The second-order valence-electron chi connectivity index (χ2n) is 5.25. The highest BCUT2D eigenvalue weighted by Gasteiger charge is 2.27. The lowest BCUT2D eigenvalue weighted by Gasteiger charge is -2.34. The predicted molar refractivity (Wildman–Crippen MR) is 75.8 cm³/mol. The molecule has 3 N–H and O–H groups in total. The number of carbonyl (C=O) groups is 1. The topological polar surface area (TPSA) is 66.6 Å². The van der Waals surface area contributed by atoms with Gasteiger partial charge in [-0.3, -0.25) is 4.79 Å². The zero-order valence-electron chi connectivity index (χ0n) is 11.5. The molecule has 0 aromatic heterocycles. The Balaban J connectivity index is 2.23. The van der Waals surface area contributed by atoms with Crippen LogP contribution in [0.25, 0.3) is 0 Å². The number of benzene rings is 1. The Kier molecular flexibility index (Phi) is 4.95. The lowest BCUT2D eigenvalue weighted by Crippen LogP contribution is -2.43. The van der Waals surface area contributed by atoms with E-state index >= 15 is 0 Å². The van der Waals surface area contributed by atoms with Crippen molar-refractivity contribution >= 4 is 11.6 Å². The van der Waals surface area contributed by atoms with Gasteiger partial charge in [0, 0.05) is 18.3 Å². The smallest absolute Gasteiger partial charge is 0.257 e. The number of anilines is 1. The van der Waals surface area contributed by atoms with Crippen LogP contribution in [0.2, 0.25) is 0 Å². The predicted octanol–water partition coefficient (Wildman–Crippen LogP) is 2.18. The Labute approximate surface area is 118 Å². The minimum Gasteiger partial charge on any atom is -0.399 e. The molecule has 5 heteroatoms. The molecule has 0 unspecified atom stereocenters. The maximum absolute atomic E-state index is 13.8. The Morgan fingerprint density at radius 3 is 2.70 bits per heavy atom. The van der Waals surface area contributed by atoms with E-state index in [4.69, 9.17) is 5.73 Å². The standard InChI is InChI=1S/C15H21FN2O2/c16-14-7-6-11(17)10-13(14)15(20)18(8-9-19)12-4-2-1-3-5-12/h6-7,10,12,19H,1-5,8-9,17H2. The fourth-order valence-electron chi connectivity index (χ4n) is 2.81. The van der Waals surface area contributed by atoms with Gasteiger partial charge in [-0.05, 0) is 31.0 Å². The molecule has 2 rings (SSSR count). The lowest BCUT2D eigenvalue weighted by molar-refractivity contribution is 0.0581. The van der Waals surface area contributed by atoms with Crippen LogP contribution in [-0.4, -0.2) is 35.1 Å². The molecule has 20 heavy (non-hydrogen) atoms. The van der Waals surface area contributed by atoms with Crippen LogP contribution in [0, 0.1) is 5.82 Å². The normalized spacial score (nSPS) is 16.1. The third kappa shape index (κ3) is 3.28. The van der Waals surface area contributed by atoms with Gasteiger partial charge >= 0.3 is 0 Å². The zero-order chi connectivity index (χ0) is 14.5. The molecule has 1 amide bonds. The Morgan fingerprint density at radius 2 is 2.05 bits per heavy atom. The monoisotopic (exact) mass is 280 g/mol. The molecule has 0 spiro atoms. The summed E-state index contributed by atoms with van der Waals surface area (Å²) in [5.41, 5.74) is 5.98. The van der Waals surface area contributed by atoms with Crippen LogP contribution in [0.15, 0.2) is 18.2 Å². The van der Waals surface area contributed by atoms with E-state index in [2.05, 4.69) is 0 Å². The number of nitrogens with zero attached hydrogens (tertiary/aromatic N) is 1. The van der Waals surface area contributed by atoms with Crippen molar-refractivity contribution in [3.8, 4) is 0 Å². The maximum atomic E-state index is 13.8. The fourth-order valence-corrected chi connectivity index (χ4v) is 2.81. The number of halogens is 1. The van der Waals surface area contributed by atoms with Gasteiger partial charge in [0.2, 0.25) is 0 Å². The summed E-state index contributed by atoms with van der Waals surface area (Å²) in [6.45, 7) is 0.115. The number of hydrogen-bond acceptors (Lipinski definition) is 3. The van der Waals surface area contributed by atoms with E-state index in [-0.39, 0.29) is 30.7 Å². The van der Waals surface area contributed by atoms with Crippen molar-refractivity contribution < 1.29 is 14.3 Å². The molecule has 0 saturated heterocycles. The molecule has 0 heterocycles. The van der Waals surface area contributed by atoms with Crippen molar-refractivity contribution in [2.45, 2.75) is 38.1 Å². The Hall–Kier alpha value is -1.62. The molecular formula is C15H21FN2O2. The van der Waals surface area contributed by atoms with Gasteiger partial charge in [0.1, 0.15) is 5.82 Å². The van der Waals surface area contributed by atoms with Crippen molar-refractivity contribution in [2.24, 2.45) is 0 Å². The number of nitrogen functional groups attached to an aromatic ring is 1. The second kappa shape index (κ2) is 6.70. The summed E-state index contributed by atoms with van der Waals surface area (Å²) in [6, 6.07) is 4.10. The number of amides is 1. The van der Waals surface area contributed by atoms with Gasteiger partial charge in [-0.25, -0.2) is 4.39 Å². The van der Waals surface area contributed by atoms with E-state index in [1.807, 2.05) is 0 Å². The minimum atomic E-state index is -0.567. The number of nitrogens with two attached hydrogens (primary N) is 1. The summed E-state index contributed by atoms with van der Waals surface area (Å²) in [4.78, 5) is 14.1. The quantitative estimate of drug-likeness (QED) is 0.831. The van der Waals surface area contributed by atoms with Crippen LogP contribution in [0.5, 0.6) is 0 Å². The van der Waals surface area contributed by atoms with Gasteiger partial charge in [0.25, 0.3) is 5.91 Å². The third-order valence-corrected chi connectivity index (χ3v) is 3.84. The third-order valence-electron chi connectivity index (χ3n) is 3.84. The van der Waals surface area contributed by atoms with E-state index in [0.29, 0.717) is 5.69 Å². The molecule has 1 aromatic rings. The van der Waals surface area contributed by atoms with Crippen molar-refractivity contribution in [2.75, 3.05) is 18.9 Å². The van der Waals surface area contributed by atoms with Crippen molar-refractivity contribution in [1.29, 1.82) is 0 Å². The average Bonchev–Trinajstić information content (AvgIpc) is 2.47. The number of carbonyl (C=O) groups excluding carboxylic acids is 1. The molecule has 1 aromatic carbocycles. The molecule has 1 fully saturated rings. The van der Waals surface area contributed by atoms with Gasteiger partial charge in [-0.1, -0.05) is 19.3 Å². The molecule has 4 nitrogen and oxygen atoms in total. The van der Waals surface area contributed by atoms with Gasteiger partial charge < -0.3 is 15.7 Å². The first-order valence-electron chi connectivity index (χ1n) is 7.10. The fraction of sp³-hybridized carbons (Fsp3) is 0.533. The van der Waals surface area contributed by atoms with Crippen molar-refractivity contribution in [1.82, 2.24) is 4.90 Å². The number of hydrogen-bond donors (Lipinski definition) is 2. The Morgan fingerprint density at radius 1 is 1.35 bits per heavy atom. The molecule has 0 atom stereocenters. The van der Waals surface area contributed by atoms with Crippen LogP contribution < -0.4 is 5.73 Å².